The second-order valence-corrected chi connectivity index (χ2v) is 8.71. The molecule has 0 aliphatic rings. The number of para-hydroxylation sites is 1. The maximum atomic E-state index is 13.3. The summed E-state index contributed by atoms with van der Waals surface area (Å²) in [6, 6.07) is 16.5. The molecule has 0 saturated heterocycles. The third-order valence-electron chi connectivity index (χ3n) is 5.74. The van der Waals surface area contributed by atoms with E-state index in [1.165, 1.54) is 0 Å². The van der Waals surface area contributed by atoms with Crippen molar-refractivity contribution in [2.24, 2.45) is 7.05 Å². The quantitative estimate of drug-likeness (QED) is 0.340. The molecule has 1 N–H and O–H groups in total. The van der Waals surface area contributed by atoms with E-state index in [4.69, 9.17) is 28.2 Å². The van der Waals surface area contributed by atoms with Crippen molar-refractivity contribution in [1.82, 2.24) is 24.5 Å². The van der Waals surface area contributed by atoms with Crippen LogP contribution in [-0.2, 0) is 13.6 Å². The van der Waals surface area contributed by atoms with Gasteiger partial charge in [-0.1, -0.05) is 47.5 Å². The van der Waals surface area contributed by atoms with Crippen molar-refractivity contribution >= 4 is 45.8 Å². The largest absolute Gasteiger partial charge is 0.305 e. The molecule has 0 bridgehead atoms. The summed E-state index contributed by atoms with van der Waals surface area (Å²) in [4.78, 5) is 18.1. The van der Waals surface area contributed by atoms with E-state index in [1.807, 2.05) is 38.2 Å². The Hall–Kier alpha value is -3.68. The zero-order valence-corrected chi connectivity index (χ0v) is 20.0. The first kappa shape index (κ1) is 22.1. The number of nitrogens with zero attached hydrogens (tertiary/aromatic N) is 5. The minimum Gasteiger partial charge on any atom is -0.305 e. The predicted molar refractivity (Wildman–Crippen MR) is 134 cm³/mol. The summed E-state index contributed by atoms with van der Waals surface area (Å²) >= 11 is 12.6. The highest BCUT2D eigenvalue weighted by Crippen LogP contribution is 2.28. The van der Waals surface area contributed by atoms with Crippen LogP contribution in [0.5, 0.6) is 0 Å². The molecule has 2 aromatic carbocycles. The smallest absolute Gasteiger partial charge is 0.257 e. The van der Waals surface area contributed by atoms with Crippen LogP contribution in [0.1, 0.15) is 21.6 Å². The fourth-order valence-corrected chi connectivity index (χ4v) is 4.31. The summed E-state index contributed by atoms with van der Waals surface area (Å²) in [6.07, 6.45) is 3.53. The van der Waals surface area contributed by atoms with E-state index in [9.17, 15) is 4.79 Å². The third-order valence-corrected chi connectivity index (χ3v) is 6.44. The van der Waals surface area contributed by atoms with Crippen LogP contribution in [0.4, 0.5) is 5.82 Å². The average Bonchev–Trinajstić information content (AvgIpc) is 3.41. The molecular formula is C25H20Cl2N6O. The molecule has 5 rings (SSSR count). The summed E-state index contributed by atoms with van der Waals surface area (Å²) in [6.45, 7) is 2.35. The van der Waals surface area contributed by atoms with E-state index in [-0.39, 0.29) is 5.91 Å². The Kier molecular flexibility index (Phi) is 5.81. The Bertz CT molecular complexity index is 1520. The number of halogens is 2. The second-order valence-electron chi connectivity index (χ2n) is 7.89. The summed E-state index contributed by atoms with van der Waals surface area (Å²) in [7, 11) is 1.87. The number of nitrogens with one attached hydrogen (secondary N) is 1. The van der Waals surface area contributed by atoms with Crippen LogP contribution in [0.2, 0.25) is 10.0 Å². The summed E-state index contributed by atoms with van der Waals surface area (Å²) < 4.78 is 3.46. The van der Waals surface area contributed by atoms with E-state index >= 15 is 0 Å². The van der Waals surface area contributed by atoms with E-state index in [2.05, 4.69) is 15.5 Å². The lowest BCUT2D eigenvalue weighted by atomic mass is 10.0. The number of hydrogen-bond acceptors (Lipinski definition) is 4. The minimum atomic E-state index is -0.276. The number of carbonyl (C=O) groups excluding carboxylic acids is 1. The van der Waals surface area contributed by atoms with Crippen molar-refractivity contribution in [3.05, 3.63) is 93.9 Å². The van der Waals surface area contributed by atoms with Crippen LogP contribution in [0, 0.1) is 6.92 Å². The lowest BCUT2D eigenvalue weighted by molar-refractivity contribution is 0.102. The maximum absolute atomic E-state index is 13.3. The van der Waals surface area contributed by atoms with Crippen molar-refractivity contribution in [1.29, 1.82) is 0 Å². The highest BCUT2D eigenvalue weighted by Gasteiger charge is 2.17. The summed E-state index contributed by atoms with van der Waals surface area (Å²) in [5.74, 6) is 0.149. The number of fused-ring (bicyclic) bond motifs is 1. The molecule has 0 aliphatic heterocycles. The van der Waals surface area contributed by atoms with Gasteiger partial charge in [0.15, 0.2) is 5.82 Å². The van der Waals surface area contributed by atoms with Gasteiger partial charge in [0.2, 0.25) is 0 Å². The molecule has 1 amide bonds. The van der Waals surface area contributed by atoms with Crippen molar-refractivity contribution in [2.45, 2.75) is 13.5 Å². The predicted octanol–water partition coefficient (Wildman–Crippen LogP) is 5.75. The number of pyridine rings is 1. The topological polar surface area (TPSA) is 77.6 Å². The normalized spacial score (nSPS) is 11.2. The highest BCUT2D eigenvalue weighted by atomic mass is 35.5. The van der Waals surface area contributed by atoms with Gasteiger partial charge in [-0.25, -0.2) is 4.98 Å². The van der Waals surface area contributed by atoms with Crippen LogP contribution in [-0.4, -0.2) is 30.5 Å². The Morgan fingerprint density at radius 1 is 1.06 bits per heavy atom. The van der Waals surface area contributed by atoms with Crippen LogP contribution in [0.3, 0.4) is 0 Å². The lowest BCUT2D eigenvalue weighted by Gasteiger charge is -2.10. The van der Waals surface area contributed by atoms with Gasteiger partial charge in [-0.05, 0) is 31.2 Å². The SMILES string of the molecule is Cc1c(-c2cc(C(=O)Nc3ccn(Cc4c(Cl)cccc4Cl)n3)c3ccccc3n2)cnn1C. The standard InChI is InChI=1S/C25H20Cl2N6O/c1-15-18(13-28-32(15)2)23-12-17(16-6-3-4-9-22(16)29-23)25(34)30-24-10-11-33(31-24)14-19-20(26)7-5-8-21(19)27/h3-13H,14H2,1-2H3,(H,30,31,34). The first-order chi connectivity index (χ1) is 16.4. The number of benzene rings is 2. The molecule has 9 heteroatoms. The number of hydrogen-bond donors (Lipinski definition) is 1. The molecule has 0 radical (unpaired) electrons. The molecule has 0 atom stereocenters. The van der Waals surface area contributed by atoms with Gasteiger partial charge in [0, 0.05) is 51.6 Å². The number of amides is 1. The highest BCUT2D eigenvalue weighted by molar-refractivity contribution is 6.36. The lowest BCUT2D eigenvalue weighted by Crippen LogP contribution is -2.14. The molecule has 3 heterocycles. The van der Waals surface area contributed by atoms with Crippen LogP contribution in [0.25, 0.3) is 22.2 Å². The molecule has 34 heavy (non-hydrogen) atoms. The molecule has 7 nitrogen and oxygen atoms in total. The van der Waals surface area contributed by atoms with E-state index in [0.717, 1.165) is 27.7 Å². The fourth-order valence-electron chi connectivity index (χ4n) is 3.80. The Labute approximate surface area is 205 Å². The molecule has 5 aromatic rings. The maximum Gasteiger partial charge on any atom is 0.257 e. The van der Waals surface area contributed by atoms with Crippen molar-refractivity contribution in [3.63, 3.8) is 0 Å². The first-order valence-electron chi connectivity index (χ1n) is 10.6. The Balaban J connectivity index is 1.46. The van der Waals surface area contributed by atoms with Gasteiger partial charge in [-0.15, -0.1) is 0 Å². The molecular weight excluding hydrogens is 471 g/mol. The number of aryl methyl sites for hydroxylation is 1. The average molecular weight is 491 g/mol. The van der Waals surface area contributed by atoms with Gasteiger partial charge in [-0.2, -0.15) is 10.2 Å². The molecule has 0 saturated carbocycles. The molecule has 170 valence electrons. The first-order valence-corrected chi connectivity index (χ1v) is 11.3. The molecule has 0 spiro atoms. The van der Waals surface area contributed by atoms with Gasteiger partial charge in [0.1, 0.15) is 0 Å². The number of rotatable bonds is 5. The van der Waals surface area contributed by atoms with E-state index in [0.29, 0.717) is 33.7 Å². The van der Waals surface area contributed by atoms with Gasteiger partial charge >= 0.3 is 0 Å². The fraction of sp³-hybridized carbons (Fsp3) is 0.120. The van der Waals surface area contributed by atoms with Gasteiger partial charge < -0.3 is 5.32 Å². The van der Waals surface area contributed by atoms with E-state index < -0.39 is 0 Å². The van der Waals surface area contributed by atoms with Gasteiger partial charge in [0.25, 0.3) is 5.91 Å². The van der Waals surface area contributed by atoms with Crippen molar-refractivity contribution < 1.29 is 4.79 Å². The molecule has 3 aromatic heterocycles. The van der Waals surface area contributed by atoms with Crippen LogP contribution >= 0.6 is 23.2 Å². The Morgan fingerprint density at radius 2 is 1.82 bits per heavy atom. The van der Waals surface area contributed by atoms with Gasteiger partial charge in [0.05, 0.1) is 29.5 Å². The zero-order valence-electron chi connectivity index (χ0n) is 18.5. The van der Waals surface area contributed by atoms with Crippen LogP contribution in [0.15, 0.2) is 67.0 Å². The third kappa shape index (κ3) is 4.16. The second kappa shape index (κ2) is 8.93. The molecule has 0 aliphatic carbocycles. The summed E-state index contributed by atoms with van der Waals surface area (Å²) in [5.41, 5.74) is 4.53. The molecule has 0 unspecified atom stereocenters. The Morgan fingerprint density at radius 3 is 2.56 bits per heavy atom. The zero-order chi connectivity index (χ0) is 23.8. The van der Waals surface area contributed by atoms with E-state index in [1.54, 1.807) is 52.1 Å². The van der Waals surface area contributed by atoms with Crippen LogP contribution < -0.4 is 5.32 Å². The number of aromatic nitrogens is 5. The number of anilines is 1. The molecule has 0 fully saturated rings. The van der Waals surface area contributed by atoms with Gasteiger partial charge in [-0.3, -0.25) is 14.2 Å². The summed E-state index contributed by atoms with van der Waals surface area (Å²) in [5, 5.41) is 13.6. The monoisotopic (exact) mass is 490 g/mol. The minimum absolute atomic E-state index is 0.276. The number of carbonyl (C=O) groups is 1. The van der Waals surface area contributed by atoms with Crippen molar-refractivity contribution in [3.8, 4) is 11.3 Å². The van der Waals surface area contributed by atoms with Crippen molar-refractivity contribution in [2.75, 3.05) is 5.32 Å².